The Bertz CT molecular complexity index is 886. The van der Waals surface area contributed by atoms with Crippen LogP contribution < -0.4 is 15.4 Å². The lowest BCUT2D eigenvalue weighted by Crippen LogP contribution is -2.40. The number of fused-ring (bicyclic) bond motifs is 1. The Morgan fingerprint density at radius 3 is 2.70 bits per heavy atom. The molecule has 140 valence electrons. The minimum absolute atomic E-state index is 0.316. The molecular formula is C19H17ClN2O5. The Labute approximate surface area is 160 Å². The molecule has 2 atom stereocenters. The first kappa shape index (κ1) is 18.7. The van der Waals surface area contributed by atoms with Crippen molar-refractivity contribution in [2.24, 2.45) is 0 Å². The summed E-state index contributed by atoms with van der Waals surface area (Å²) in [4.78, 5) is 36.3. The molecule has 2 N–H and O–H groups in total. The number of hydrogen-bond acceptors (Lipinski definition) is 5. The summed E-state index contributed by atoms with van der Waals surface area (Å²) in [7, 11) is 0. The number of carbonyl (C=O) groups excluding carboxylic acids is 3. The van der Waals surface area contributed by atoms with E-state index >= 15 is 0 Å². The van der Waals surface area contributed by atoms with Crippen LogP contribution in [0.5, 0.6) is 5.75 Å². The predicted molar refractivity (Wildman–Crippen MR) is 99.7 cm³/mol. The molecule has 0 aliphatic carbocycles. The molecule has 3 rings (SSSR count). The molecule has 2 amide bonds. The summed E-state index contributed by atoms with van der Waals surface area (Å²) in [5.41, 5.74) is 0.957. The summed E-state index contributed by atoms with van der Waals surface area (Å²) < 4.78 is 10.6. The SMILES string of the molecule is C[C@H](OC(=O)C[C@H]1Oc2ccccc2NC1=O)C(=O)Nc1ccccc1Cl. The monoisotopic (exact) mass is 388 g/mol. The van der Waals surface area contributed by atoms with E-state index in [4.69, 9.17) is 21.1 Å². The molecule has 7 nitrogen and oxygen atoms in total. The Hall–Kier alpha value is -3.06. The summed E-state index contributed by atoms with van der Waals surface area (Å²) in [5, 5.41) is 5.62. The number of anilines is 2. The molecule has 0 radical (unpaired) electrons. The third-order valence-corrected chi connectivity index (χ3v) is 4.20. The molecule has 8 heteroatoms. The highest BCUT2D eigenvalue weighted by Gasteiger charge is 2.31. The van der Waals surface area contributed by atoms with Gasteiger partial charge in [-0.3, -0.25) is 14.4 Å². The van der Waals surface area contributed by atoms with E-state index in [9.17, 15) is 14.4 Å². The third kappa shape index (κ3) is 4.57. The van der Waals surface area contributed by atoms with Gasteiger partial charge >= 0.3 is 5.97 Å². The van der Waals surface area contributed by atoms with E-state index in [0.717, 1.165) is 0 Å². The fourth-order valence-corrected chi connectivity index (χ4v) is 2.66. The molecular weight excluding hydrogens is 372 g/mol. The summed E-state index contributed by atoms with van der Waals surface area (Å²) in [6.07, 6.45) is -2.40. The van der Waals surface area contributed by atoms with Crippen LogP contribution >= 0.6 is 11.6 Å². The number of para-hydroxylation sites is 3. The van der Waals surface area contributed by atoms with E-state index in [1.807, 2.05) is 0 Å². The van der Waals surface area contributed by atoms with Gasteiger partial charge in [0.2, 0.25) is 0 Å². The van der Waals surface area contributed by atoms with Crippen LogP contribution in [0.3, 0.4) is 0 Å². The number of hydrogen-bond donors (Lipinski definition) is 2. The first-order chi connectivity index (χ1) is 12.9. The Morgan fingerprint density at radius 1 is 1.22 bits per heavy atom. The molecule has 0 saturated carbocycles. The third-order valence-electron chi connectivity index (χ3n) is 3.87. The van der Waals surface area contributed by atoms with Crippen molar-refractivity contribution in [2.75, 3.05) is 10.6 Å². The second-order valence-electron chi connectivity index (χ2n) is 5.90. The number of nitrogens with one attached hydrogen (secondary N) is 2. The van der Waals surface area contributed by atoms with Gasteiger partial charge in [-0.2, -0.15) is 0 Å². The summed E-state index contributed by atoms with van der Waals surface area (Å²) >= 11 is 5.98. The molecule has 2 aromatic carbocycles. The number of benzene rings is 2. The average Bonchev–Trinajstić information content (AvgIpc) is 2.64. The van der Waals surface area contributed by atoms with E-state index in [0.29, 0.717) is 22.1 Å². The van der Waals surface area contributed by atoms with Gasteiger partial charge in [-0.15, -0.1) is 0 Å². The van der Waals surface area contributed by atoms with Crippen molar-refractivity contribution < 1.29 is 23.9 Å². The van der Waals surface area contributed by atoms with Crippen LogP contribution in [-0.4, -0.2) is 30.0 Å². The van der Waals surface area contributed by atoms with Crippen LogP contribution in [-0.2, 0) is 19.1 Å². The average molecular weight is 389 g/mol. The van der Waals surface area contributed by atoms with Crippen LogP contribution in [0.4, 0.5) is 11.4 Å². The fourth-order valence-electron chi connectivity index (χ4n) is 2.47. The van der Waals surface area contributed by atoms with E-state index < -0.39 is 30.0 Å². The maximum absolute atomic E-state index is 12.2. The van der Waals surface area contributed by atoms with Crippen molar-refractivity contribution >= 4 is 40.8 Å². The van der Waals surface area contributed by atoms with Gasteiger partial charge in [0.25, 0.3) is 11.8 Å². The first-order valence-corrected chi connectivity index (χ1v) is 8.63. The lowest BCUT2D eigenvalue weighted by Gasteiger charge is -2.25. The highest BCUT2D eigenvalue weighted by atomic mass is 35.5. The van der Waals surface area contributed by atoms with E-state index in [2.05, 4.69) is 10.6 Å². The van der Waals surface area contributed by atoms with Crippen molar-refractivity contribution in [3.05, 3.63) is 53.6 Å². The topological polar surface area (TPSA) is 93.7 Å². The van der Waals surface area contributed by atoms with Crippen LogP contribution in [0.15, 0.2) is 48.5 Å². The number of carbonyl (C=O) groups is 3. The van der Waals surface area contributed by atoms with Crippen LogP contribution in [0.2, 0.25) is 5.02 Å². The highest BCUT2D eigenvalue weighted by molar-refractivity contribution is 6.33. The summed E-state index contributed by atoms with van der Waals surface area (Å²) in [5.74, 6) is -1.23. The van der Waals surface area contributed by atoms with Crippen molar-refractivity contribution in [2.45, 2.75) is 25.6 Å². The molecule has 0 spiro atoms. The second kappa shape index (κ2) is 8.09. The molecule has 1 heterocycles. The Morgan fingerprint density at radius 2 is 1.93 bits per heavy atom. The molecule has 1 aliphatic heterocycles. The number of esters is 1. The normalized spacial score (nSPS) is 16.4. The predicted octanol–water partition coefficient (Wildman–Crippen LogP) is 3.00. The Kier molecular flexibility index (Phi) is 5.61. The van der Waals surface area contributed by atoms with Crippen LogP contribution in [0.1, 0.15) is 13.3 Å². The largest absolute Gasteiger partial charge is 0.478 e. The molecule has 0 fully saturated rings. The fraction of sp³-hybridized carbons (Fsp3) is 0.211. The summed E-state index contributed by atoms with van der Waals surface area (Å²) in [6.45, 7) is 1.43. The van der Waals surface area contributed by atoms with Gasteiger partial charge < -0.3 is 20.1 Å². The highest BCUT2D eigenvalue weighted by Crippen LogP contribution is 2.29. The quantitative estimate of drug-likeness (QED) is 0.768. The molecule has 0 unspecified atom stereocenters. The first-order valence-electron chi connectivity index (χ1n) is 8.25. The van der Waals surface area contributed by atoms with Gasteiger partial charge in [0.05, 0.1) is 22.8 Å². The summed E-state index contributed by atoms with van der Waals surface area (Å²) in [6, 6.07) is 13.6. The van der Waals surface area contributed by atoms with E-state index in [-0.39, 0.29) is 6.42 Å². The van der Waals surface area contributed by atoms with Crippen LogP contribution in [0, 0.1) is 0 Å². The zero-order valence-corrected chi connectivity index (χ0v) is 15.2. The minimum Gasteiger partial charge on any atom is -0.478 e. The standard InChI is InChI=1S/C19H17ClN2O5/c1-11(18(24)21-13-7-3-2-6-12(13)20)26-17(23)10-16-19(25)22-14-8-4-5-9-15(14)27-16/h2-9,11,16H,10H2,1H3,(H,21,24)(H,22,25)/t11-,16+/m0/s1. The van der Waals surface area contributed by atoms with E-state index in [1.54, 1.807) is 48.5 Å². The number of amides is 2. The molecule has 0 aromatic heterocycles. The molecule has 1 aliphatic rings. The minimum atomic E-state index is -1.06. The van der Waals surface area contributed by atoms with Crippen molar-refractivity contribution in [3.8, 4) is 5.75 Å². The maximum atomic E-state index is 12.2. The molecule has 0 bridgehead atoms. The lowest BCUT2D eigenvalue weighted by atomic mass is 10.1. The zero-order chi connectivity index (χ0) is 19.4. The van der Waals surface area contributed by atoms with Crippen LogP contribution in [0.25, 0.3) is 0 Å². The zero-order valence-electron chi connectivity index (χ0n) is 14.4. The number of ether oxygens (including phenoxy) is 2. The lowest BCUT2D eigenvalue weighted by molar-refractivity contribution is -0.155. The van der Waals surface area contributed by atoms with Gasteiger partial charge in [0.1, 0.15) is 5.75 Å². The van der Waals surface area contributed by atoms with Crippen molar-refractivity contribution in [3.63, 3.8) is 0 Å². The van der Waals surface area contributed by atoms with E-state index in [1.165, 1.54) is 6.92 Å². The second-order valence-corrected chi connectivity index (χ2v) is 6.30. The van der Waals surface area contributed by atoms with Gasteiger partial charge in [0, 0.05) is 0 Å². The molecule has 0 saturated heterocycles. The van der Waals surface area contributed by atoms with Gasteiger partial charge in [-0.1, -0.05) is 35.9 Å². The van der Waals surface area contributed by atoms with Crippen molar-refractivity contribution in [1.82, 2.24) is 0 Å². The van der Waals surface area contributed by atoms with Gasteiger partial charge in [-0.25, -0.2) is 0 Å². The van der Waals surface area contributed by atoms with Gasteiger partial charge in [0.15, 0.2) is 12.2 Å². The van der Waals surface area contributed by atoms with Gasteiger partial charge in [-0.05, 0) is 31.2 Å². The van der Waals surface area contributed by atoms with Crippen molar-refractivity contribution in [1.29, 1.82) is 0 Å². The Balaban J connectivity index is 1.55. The molecule has 2 aromatic rings. The number of rotatable bonds is 5. The smallest absolute Gasteiger partial charge is 0.310 e. The molecule has 27 heavy (non-hydrogen) atoms. The number of halogens is 1. The maximum Gasteiger partial charge on any atom is 0.310 e.